The summed E-state index contributed by atoms with van der Waals surface area (Å²) in [4.78, 5) is 9.11. The van der Waals surface area contributed by atoms with E-state index in [0.29, 0.717) is 6.54 Å². The lowest BCUT2D eigenvalue weighted by molar-refractivity contribution is 0.295. The Morgan fingerprint density at radius 1 is 1.11 bits per heavy atom. The van der Waals surface area contributed by atoms with E-state index in [2.05, 4.69) is 59.7 Å². The van der Waals surface area contributed by atoms with Crippen LogP contribution in [0.2, 0.25) is 0 Å². The number of likely N-dealkylation sites (N-methyl/N-ethyl adjacent to an activating group) is 1. The topological polar surface area (TPSA) is 58.1 Å². The zero-order chi connectivity index (χ0) is 19.8. The maximum Gasteiger partial charge on any atom is 0.191 e. The normalized spacial score (nSPS) is 12.8. The van der Waals surface area contributed by atoms with Gasteiger partial charge in [0.1, 0.15) is 0 Å². The SMILES string of the molecule is CN=C(NCc1ccc(C)s1)NCC(c1ccc(OC)c(OC)c1)N(C)C. The lowest BCUT2D eigenvalue weighted by atomic mass is 10.1. The molecule has 2 rings (SSSR count). The first-order valence-electron chi connectivity index (χ1n) is 8.86. The van der Waals surface area contributed by atoms with Gasteiger partial charge >= 0.3 is 0 Å². The van der Waals surface area contributed by atoms with Crippen molar-refractivity contribution in [2.75, 3.05) is 41.9 Å². The van der Waals surface area contributed by atoms with Crippen molar-refractivity contribution >= 4 is 17.3 Å². The Morgan fingerprint density at radius 3 is 2.41 bits per heavy atom. The van der Waals surface area contributed by atoms with E-state index in [9.17, 15) is 0 Å². The molecule has 2 aromatic rings. The number of hydrogen-bond donors (Lipinski definition) is 2. The van der Waals surface area contributed by atoms with Crippen molar-refractivity contribution in [2.24, 2.45) is 4.99 Å². The molecule has 0 fully saturated rings. The molecule has 148 valence electrons. The standard InChI is InChI=1S/C20H30N4O2S/c1-14-7-9-16(27-14)12-22-20(21-2)23-13-17(24(3)4)15-8-10-18(25-5)19(11-15)26-6/h7-11,17H,12-13H2,1-6H3,(H2,21,22,23). The highest BCUT2D eigenvalue weighted by Crippen LogP contribution is 2.31. The molecule has 6 nitrogen and oxygen atoms in total. The summed E-state index contributed by atoms with van der Waals surface area (Å²) in [5.41, 5.74) is 1.15. The first-order valence-corrected chi connectivity index (χ1v) is 9.68. The van der Waals surface area contributed by atoms with Gasteiger partial charge in [-0.25, -0.2) is 0 Å². The predicted molar refractivity (Wildman–Crippen MR) is 113 cm³/mol. The second kappa shape index (κ2) is 10.2. The van der Waals surface area contributed by atoms with Crippen LogP contribution in [-0.2, 0) is 6.54 Å². The van der Waals surface area contributed by atoms with Crippen molar-refractivity contribution in [2.45, 2.75) is 19.5 Å². The molecule has 1 aromatic carbocycles. The summed E-state index contributed by atoms with van der Waals surface area (Å²) in [7, 11) is 9.22. The van der Waals surface area contributed by atoms with Crippen LogP contribution in [0.15, 0.2) is 35.3 Å². The lowest BCUT2D eigenvalue weighted by Gasteiger charge is -2.26. The summed E-state index contributed by atoms with van der Waals surface area (Å²) in [5.74, 6) is 2.25. The molecule has 0 saturated carbocycles. The van der Waals surface area contributed by atoms with E-state index in [0.717, 1.165) is 29.6 Å². The van der Waals surface area contributed by atoms with Crippen molar-refractivity contribution < 1.29 is 9.47 Å². The lowest BCUT2D eigenvalue weighted by Crippen LogP contribution is -2.41. The van der Waals surface area contributed by atoms with Crippen molar-refractivity contribution in [1.82, 2.24) is 15.5 Å². The first-order chi connectivity index (χ1) is 13.0. The fraction of sp³-hybridized carbons (Fsp3) is 0.450. The van der Waals surface area contributed by atoms with Gasteiger partial charge in [0.2, 0.25) is 0 Å². The number of aliphatic imine (C=N–C) groups is 1. The molecule has 0 bridgehead atoms. The number of aryl methyl sites for hydroxylation is 1. The number of nitrogens with zero attached hydrogens (tertiary/aromatic N) is 2. The Hall–Kier alpha value is -2.25. The number of thiophene rings is 1. The minimum absolute atomic E-state index is 0.160. The number of rotatable bonds is 8. The highest BCUT2D eigenvalue weighted by atomic mass is 32.1. The van der Waals surface area contributed by atoms with Crippen LogP contribution in [0.1, 0.15) is 21.4 Å². The van der Waals surface area contributed by atoms with E-state index in [1.165, 1.54) is 9.75 Å². The smallest absolute Gasteiger partial charge is 0.191 e. The zero-order valence-electron chi connectivity index (χ0n) is 17.0. The Kier molecular flexibility index (Phi) is 7.94. The van der Waals surface area contributed by atoms with Crippen LogP contribution in [0, 0.1) is 6.92 Å². The van der Waals surface area contributed by atoms with Gasteiger partial charge in [-0.15, -0.1) is 11.3 Å². The van der Waals surface area contributed by atoms with Gasteiger partial charge in [0.15, 0.2) is 17.5 Å². The predicted octanol–water partition coefficient (Wildman–Crippen LogP) is 3.04. The molecular formula is C20H30N4O2S. The molecule has 1 atom stereocenters. The molecule has 0 aliphatic carbocycles. The van der Waals surface area contributed by atoms with Crippen LogP contribution >= 0.6 is 11.3 Å². The number of methoxy groups -OCH3 is 2. The van der Waals surface area contributed by atoms with Gasteiger partial charge in [-0.2, -0.15) is 0 Å². The summed E-state index contributed by atoms with van der Waals surface area (Å²) in [6.45, 7) is 3.60. The van der Waals surface area contributed by atoms with Gasteiger partial charge < -0.3 is 25.0 Å². The Labute approximate surface area is 166 Å². The molecule has 1 aromatic heterocycles. The van der Waals surface area contributed by atoms with Crippen LogP contribution in [0.5, 0.6) is 11.5 Å². The summed E-state index contributed by atoms with van der Waals surface area (Å²) in [5, 5.41) is 6.79. The molecular weight excluding hydrogens is 360 g/mol. The van der Waals surface area contributed by atoms with Crippen LogP contribution in [0.25, 0.3) is 0 Å². The fourth-order valence-electron chi connectivity index (χ4n) is 2.82. The number of hydrogen-bond acceptors (Lipinski definition) is 5. The Balaban J connectivity index is 2.02. The second-order valence-electron chi connectivity index (χ2n) is 6.41. The molecule has 0 saturated heterocycles. The van der Waals surface area contributed by atoms with Gasteiger partial charge in [0.25, 0.3) is 0 Å². The Morgan fingerprint density at radius 2 is 1.85 bits per heavy atom. The largest absolute Gasteiger partial charge is 0.493 e. The summed E-state index contributed by atoms with van der Waals surface area (Å²) < 4.78 is 10.8. The molecule has 1 heterocycles. The fourth-order valence-corrected chi connectivity index (χ4v) is 3.65. The summed E-state index contributed by atoms with van der Waals surface area (Å²) >= 11 is 1.79. The third-order valence-corrected chi connectivity index (χ3v) is 5.33. The Bertz CT molecular complexity index is 758. The van der Waals surface area contributed by atoms with Crippen LogP contribution in [-0.4, -0.2) is 52.8 Å². The van der Waals surface area contributed by atoms with Gasteiger partial charge in [-0.3, -0.25) is 4.99 Å². The van der Waals surface area contributed by atoms with Crippen molar-refractivity contribution in [3.63, 3.8) is 0 Å². The molecule has 0 spiro atoms. The van der Waals surface area contributed by atoms with Crippen molar-refractivity contribution in [3.05, 3.63) is 45.6 Å². The average Bonchev–Trinajstić information content (AvgIpc) is 3.09. The quantitative estimate of drug-likeness (QED) is 0.536. The first kappa shape index (κ1) is 21.1. The maximum atomic E-state index is 5.44. The second-order valence-corrected chi connectivity index (χ2v) is 7.79. The van der Waals surface area contributed by atoms with E-state index in [-0.39, 0.29) is 6.04 Å². The zero-order valence-corrected chi connectivity index (χ0v) is 17.8. The molecule has 0 aliphatic rings. The van der Waals surface area contributed by atoms with Crippen LogP contribution < -0.4 is 20.1 Å². The number of nitrogens with one attached hydrogen (secondary N) is 2. The average molecular weight is 391 g/mol. The van der Waals surface area contributed by atoms with Crippen molar-refractivity contribution in [1.29, 1.82) is 0 Å². The van der Waals surface area contributed by atoms with E-state index >= 15 is 0 Å². The van der Waals surface area contributed by atoms with Crippen LogP contribution in [0.4, 0.5) is 0 Å². The number of ether oxygens (including phenoxy) is 2. The van der Waals surface area contributed by atoms with Crippen LogP contribution in [0.3, 0.4) is 0 Å². The molecule has 7 heteroatoms. The minimum Gasteiger partial charge on any atom is -0.493 e. The number of guanidine groups is 1. The van der Waals surface area contributed by atoms with E-state index in [1.807, 2.05) is 12.1 Å². The van der Waals surface area contributed by atoms with Crippen molar-refractivity contribution in [3.8, 4) is 11.5 Å². The number of benzene rings is 1. The third-order valence-electron chi connectivity index (χ3n) is 4.33. The molecule has 0 amide bonds. The highest BCUT2D eigenvalue weighted by molar-refractivity contribution is 7.11. The van der Waals surface area contributed by atoms with E-state index in [1.54, 1.807) is 32.6 Å². The molecule has 1 unspecified atom stereocenters. The highest BCUT2D eigenvalue weighted by Gasteiger charge is 2.17. The van der Waals surface area contributed by atoms with E-state index in [4.69, 9.17) is 9.47 Å². The van der Waals surface area contributed by atoms with Gasteiger partial charge in [-0.05, 0) is 50.8 Å². The molecule has 0 radical (unpaired) electrons. The van der Waals surface area contributed by atoms with E-state index < -0.39 is 0 Å². The summed E-state index contributed by atoms with van der Waals surface area (Å²) in [6.07, 6.45) is 0. The minimum atomic E-state index is 0.160. The monoisotopic (exact) mass is 390 g/mol. The van der Waals surface area contributed by atoms with Gasteiger partial charge in [0, 0.05) is 23.3 Å². The molecule has 2 N–H and O–H groups in total. The summed E-state index contributed by atoms with van der Waals surface area (Å²) in [6, 6.07) is 10.5. The van der Waals surface area contributed by atoms with Gasteiger partial charge in [-0.1, -0.05) is 6.07 Å². The third kappa shape index (κ3) is 5.87. The molecule has 27 heavy (non-hydrogen) atoms. The maximum absolute atomic E-state index is 5.44. The van der Waals surface area contributed by atoms with Gasteiger partial charge in [0.05, 0.1) is 26.8 Å². The molecule has 0 aliphatic heterocycles.